The number of amides is 1. The number of ether oxygens (including phenoxy) is 4. The lowest BCUT2D eigenvalue weighted by Gasteiger charge is -2.36. The van der Waals surface area contributed by atoms with Crippen LogP contribution >= 0.6 is 11.8 Å². The summed E-state index contributed by atoms with van der Waals surface area (Å²) in [4.78, 5) is 33.2. The van der Waals surface area contributed by atoms with Crippen LogP contribution in [0.3, 0.4) is 0 Å². The minimum atomic E-state index is -0.547. The molecule has 0 aliphatic carbocycles. The topological polar surface area (TPSA) is 98.7 Å². The molecule has 0 saturated heterocycles. The Morgan fingerprint density at radius 3 is 2.70 bits per heavy atom. The van der Waals surface area contributed by atoms with Gasteiger partial charge in [0.25, 0.3) is 0 Å². The number of esters is 1. The van der Waals surface area contributed by atoms with Crippen molar-refractivity contribution in [2.75, 3.05) is 13.4 Å². The number of allylic oxidation sites excluding steroid dienone is 1. The smallest absolute Gasteiger partial charge is 0.338 e. The second-order valence-electron chi connectivity index (χ2n) is 10.1. The summed E-state index contributed by atoms with van der Waals surface area (Å²) in [6.45, 7) is 4.78. The molecule has 1 amide bonds. The van der Waals surface area contributed by atoms with Gasteiger partial charge in [0.1, 0.15) is 12.4 Å². The number of hydrogen-bond donors (Lipinski definition) is 1. The lowest BCUT2D eigenvalue weighted by atomic mass is 9.93. The monoisotopic (exact) mass is 597 g/mol. The molecule has 3 aliphatic heterocycles. The molecule has 1 N–H and O–H groups in total. The Kier molecular flexibility index (Phi) is 8.37. The summed E-state index contributed by atoms with van der Waals surface area (Å²) in [6, 6.07) is 22.7. The van der Waals surface area contributed by atoms with Crippen LogP contribution in [-0.4, -0.2) is 35.3 Å². The maximum Gasteiger partial charge on any atom is 0.338 e. The standard InChI is InChI=1S/C33H31N3O6S/c1-3-39-32(38)30-21(2)35-33-36(31(30)24-10-7-11-26(15-24)40-18-22-8-5-4-6-9-22)25(19-43-33)16-29(37)34-17-23-12-13-27-28(14-23)42-20-41-27/h4-15,19,31H,3,16-18,20H2,1-2H3,(H,34,37)/t31-/m0/s1. The highest BCUT2D eigenvalue weighted by molar-refractivity contribution is 8.16. The molecule has 3 aliphatic rings. The number of amidine groups is 1. The summed E-state index contributed by atoms with van der Waals surface area (Å²) in [7, 11) is 0. The lowest BCUT2D eigenvalue weighted by Crippen LogP contribution is -2.38. The first-order valence-corrected chi connectivity index (χ1v) is 14.9. The summed E-state index contributed by atoms with van der Waals surface area (Å²) >= 11 is 1.43. The summed E-state index contributed by atoms with van der Waals surface area (Å²) in [5.74, 6) is 1.44. The van der Waals surface area contributed by atoms with E-state index in [-0.39, 0.29) is 25.7 Å². The minimum absolute atomic E-state index is 0.104. The number of thioether (sulfide) groups is 1. The molecule has 0 radical (unpaired) electrons. The van der Waals surface area contributed by atoms with Crippen molar-refractivity contribution >= 4 is 28.8 Å². The largest absolute Gasteiger partial charge is 0.489 e. The van der Waals surface area contributed by atoms with Crippen LogP contribution in [0.2, 0.25) is 0 Å². The van der Waals surface area contributed by atoms with E-state index in [2.05, 4.69) is 5.32 Å². The fraction of sp³-hybridized carbons (Fsp3) is 0.242. The fourth-order valence-corrected chi connectivity index (χ4v) is 6.11. The maximum absolute atomic E-state index is 13.3. The number of carbonyl (C=O) groups excluding carboxylic acids is 2. The van der Waals surface area contributed by atoms with E-state index in [0.29, 0.717) is 46.8 Å². The average molecular weight is 598 g/mol. The van der Waals surface area contributed by atoms with Crippen molar-refractivity contribution in [3.05, 3.63) is 112 Å². The van der Waals surface area contributed by atoms with Gasteiger partial charge in [0.15, 0.2) is 16.7 Å². The fourth-order valence-electron chi connectivity index (χ4n) is 5.15. The van der Waals surface area contributed by atoms with Gasteiger partial charge in [-0.25, -0.2) is 9.79 Å². The number of nitrogens with zero attached hydrogens (tertiary/aromatic N) is 2. The predicted molar refractivity (Wildman–Crippen MR) is 163 cm³/mol. The molecule has 3 aromatic carbocycles. The number of benzene rings is 3. The Bertz CT molecular complexity index is 1630. The molecule has 3 heterocycles. The normalized spacial score (nSPS) is 16.8. The highest BCUT2D eigenvalue weighted by Gasteiger charge is 2.41. The molecule has 0 aromatic heterocycles. The van der Waals surface area contributed by atoms with E-state index in [9.17, 15) is 9.59 Å². The molecule has 0 fully saturated rings. The van der Waals surface area contributed by atoms with Crippen LogP contribution in [0.15, 0.2) is 100 Å². The van der Waals surface area contributed by atoms with Crippen LogP contribution < -0.4 is 19.5 Å². The van der Waals surface area contributed by atoms with Crippen molar-refractivity contribution in [1.82, 2.24) is 10.2 Å². The van der Waals surface area contributed by atoms with E-state index in [4.69, 9.17) is 23.9 Å². The van der Waals surface area contributed by atoms with Crippen LogP contribution in [0, 0.1) is 0 Å². The molecule has 43 heavy (non-hydrogen) atoms. The molecule has 1 atom stereocenters. The van der Waals surface area contributed by atoms with Crippen molar-refractivity contribution in [1.29, 1.82) is 0 Å². The van der Waals surface area contributed by atoms with E-state index in [0.717, 1.165) is 22.4 Å². The van der Waals surface area contributed by atoms with Gasteiger partial charge in [-0.3, -0.25) is 4.79 Å². The number of rotatable bonds is 10. The van der Waals surface area contributed by atoms with Gasteiger partial charge >= 0.3 is 5.97 Å². The Morgan fingerprint density at radius 1 is 1.02 bits per heavy atom. The minimum Gasteiger partial charge on any atom is -0.489 e. The lowest BCUT2D eigenvalue weighted by molar-refractivity contribution is -0.139. The summed E-state index contributed by atoms with van der Waals surface area (Å²) in [5, 5.41) is 5.61. The molecule has 3 aromatic rings. The summed E-state index contributed by atoms with van der Waals surface area (Å²) < 4.78 is 22.4. The second kappa shape index (κ2) is 12.7. The number of hydrogen-bond acceptors (Lipinski definition) is 9. The molecule has 220 valence electrons. The molecule has 10 heteroatoms. The van der Waals surface area contributed by atoms with Crippen molar-refractivity contribution in [2.45, 2.75) is 39.5 Å². The molecular weight excluding hydrogens is 566 g/mol. The Morgan fingerprint density at radius 2 is 1.86 bits per heavy atom. The quantitative estimate of drug-likeness (QED) is 0.291. The van der Waals surface area contributed by atoms with Crippen molar-refractivity contribution in [3.63, 3.8) is 0 Å². The van der Waals surface area contributed by atoms with Crippen molar-refractivity contribution in [2.24, 2.45) is 4.99 Å². The third-order valence-corrected chi connectivity index (χ3v) is 8.08. The molecule has 6 rings (SSSR count). The average Bonchev–Trinajstić information content (AvgIpc) is 3.65. The van der Waals surface area contributed by atoms with Gasteiger partial charge in [0.05, 0.1) is 30.3 Å². The van der Waals surface area contributed by atoms with Crippen LogP contribution in [-0.2, 0) is 27.5 Å². The van der Waals surface area contributed by atoms with Crippen LogP contribution in [0.1, 0.15) is 43.0 Å². The van der Waals surface area contributed by atoms with E-state index in [1.807, 2.05) is 90.0 Å². The zero-order chi connectivity index (χ0) is 29.8. The predicted octanol–water partition coefficient (Wildman–Crippen LogP) is 5.84. The van der Waals surface area contributed by atoms with Crippen LogP contribution in [0.4, 0.5) is 0 Å². The first kappa shape index (κ1) is 28.4. The van der Waals surface area contributed by atoms with E-state index < -0.39 is 12.0 Å². The first-order chi connectivity index (χ1) is 21.0. The van der Waals surface area contributed by atoms with Gasteiger partial charge in [-0.1, -0.05) is 60.3 Å². The SMILES string of the molecule is CCOC(=O)C1=C(C)N=C2SC=C(CC(=O)NCc3ccc4c(c3)OCO4)N2[C@H]1c1cccc(OCc2ccccc2)c1. The molecule has 0 unspecified atom stereocenters. The van der Waals surface area contributed by atoms with Gasteiger partial charge < -0.3 is 29.2 Å². The highest BCUT2D eigenvalue weighted by atomic mass is 32.2. The Hall–Kier alpha value is -4.70. The number of nitrogens with one attached hydrogen (secondary N) is 1. The molecule has 0 saturated carbocycles. The maximum atomic E-state index is 13.3. The third-order valence-electron chi connectivity index (χ3n) is 7.19. The molecule has 0 bridgehead atoms. The third kappa shape index (κ3) is 6.24. The van der Waals surface area contributed by atoms with Gasteiger partial charge in [-0.05, 0) is 60.2 Å². The van der Waals surface area contributed by atoms with E-state index in [1.165, 1.54) is 11.8 Å². The van der Waals surface area contributed by atoms with E-state index in [1.54, 1.807) is 6.92 Å². The molecule has 9 nitrogen and oxygen atoms in total. The van der Waals surface area contributed by atoms with Gasteiger partial charge in [0, 0.05) is 12.2 Å². The number of carbonyl (C=O) groups is 2. The Balaban J connectivity index is 1.23. The van der Waals surface area contributed by atoms with Gasteiger partial charge in [-0.15, -0.1) is 0 Å². The zero-order valence-corrected chi connectivity index (χ0v) is 24.7. The number of fused-ring (bicyclic) bond motifs is 2. The van der Waals surface area contributed by atoms with Crippen LogP contribution in [0.25, 0.3) is 0 Å². The second-order valence-corrected chi connectivity index (χ2v) is 10.9. The zero-order valence-electron chi connectivity index (χ0n) is 23.9. The highest BCUT2D eigenvalue weighted by Crippen LogP contribution is 2.45. The van der Waals surface area contributed by atoms with Crippen molar-refractivity contribution < 1.29 is 28.5 Å². The van der Waals surface area contributed by atoms with Crippen LogP contribution in [0.5, 0.6) is 17.2 Å². The van der Waals surface area contributed by atoms with E-state index >= 15 is 0 Å². The molecular formula is C33H31N3O6S. The summed E-state index contributed by atoms with van der Waals surface area (Å²) in [5.41, 5.74) is 4.54. The van der Waals surface area contributed by atoms with Crippen molar-refractivity contribution in [3.8, 4) is 17.2 Å². The van der Waals surface area contributed by atoms with Gasteiger partial charge in [0.2, 0.25) is 12.7 Å². The first-order valence-electron chi connectivity index (χ1n) is 14.0. The summed E-state index contributed by atoms with van der Waals surface area (Å²) in [6.07, 6.45) is 0.104. The van der Waals surface area contributed by atoms with Gasteiger partial charge in [-0.2, -0.15) is 0 Å². The molecule has 0 spiro atoms. The number of aliphatic imine (C=N–C) groups is 1. The Labute approximate surface area is 254 Å².